The highest BCUT2D eigenvalue weighted by molar-refractivity contribution is 7.70. The van der Waals surface area contributed by atoms with E-state index in [1.807, 2.05) is 44.2 Å². The van der Waals surface area contributed by atoms with Crippen molar-refractivity contribution in [3.05, 3.63) is 30.3 Å². The molecule has 0 fully saturated rings. The molecule has 0 aliphatic heterocycles. The van der Waals surface area contributed by atoms with Gasteiger partial charge in [-0.2, -0.15) is 0 Å². The summed E-state index contributed by atoms with van der Waals surface area (Å²) in [5, 5.41) is 10.6. The highest BCUT2D eigenvalue weighted by Gasteiger charge is 2.23. The SMILES string of the molecule is CC(C)C(O)CP(C)(=O)c1ccccc1. The number of aliphatic hydroxyl groups is 1. The fourth-order valence-electron chi connectivity index (χ4n) is 1.42. The van der Waals surface area contributed by atoms with Crippen molar-refractivity contribution < 1.29 is 9.67 Å². The molecule has 0 heterocycles. The average Bonchev–Trinajstić information content (AvgIpc) is 2.18. The minimum absolute atomic E-state index is 0.155. The van der Waals surface area contributed by atoms with E-state index >= 15 is 0 Å². The molecule has 1 rings (SSSR count). The van der Waals surface area contributed by atoms with Crippen molar-refractivity contribution >= 4 is 12.4 Å². The van der Waals surface area contributed by atoms with Crippen LogP contribution in [-0.2, 0) is 4.57 Å². The van der Waals surface area contributed by atoms with Gasteiger partial charge in [-0.1, -0.05) is 44.2 Å². The summed E-state index contributed by atoms with van der Waals surface area (Å²) in [5.74, 6) is 0.155. The van der Waals surface area contributed by atoms with Crippen molar-refractivity contribution in [1.82, 2.24) is 0 Å². The molecule has 0 bridgehead atoms. The van der Waals surface area contributed by atoms with Crippen LogP contribution in [0, 0.1) is 5.92 Å². The first kappa shape index (κ1) is 12.5. The third-order valence-corrected chi connectivity index (χ3v) is 5.07. The molecule has 0 aliphatic carbocycles. The van der Waals surface area contributed by atoms with E-state index in [0.717, 1.165) is 5.30 Å². The van der Waals surface area contributed by atoms with Gasteiger partial charge in [0.1, 0.15) is 7.14 Å². The van der Waals surface area contributed by atoms with Crippen LogP contribution in [0.1, 0.15) is 13.8 Å². The first-order valence-corrected chi connectivity index (χ1v) is 7.57. The smallest absolute Gasteiger partial charge is 0.115 e. The van der Waals surface area contributed by atoms with Gasteiger partial charge in [-0.3, -0.25) is 0 Å². The van der Waals surface area contributed by atoms with Crippen molar-refractivity contribution in [2.45, 2.75) is 20.0 Å². The van der Waals surface area contributed by atoms with Crippen molar-refractivity contribution in [2.24, 2.45) is 5.92 Å². The van der Waals surface area contributed by atoms with Crippen LogP contribution in [0.2, 0.25) is 0 Å². The lowest BCUT2D eigenvalue weighted by Gasteiger charge is -2.20. The van der Waals surface area contributed by atoms with Gasteiger partial charge in [0.2, 0.25) is 0 Å². The summed E-state index contributed by atoms with van der Waals surface area (Å²) >= 11 is 0. The third-order valence-electron chi connectivity index (χ3n) is 2.61. The zero-order chi connectivity index (χ0) is 11.5. The Hall–Kier alpha value is -0.590. The monoisotopic (exact) mass is 226 g/mol. The molecule has 3 heteroatoms. The van der Waals surface area contributed by atoms with Crippen molar-refractivity contribution in [1.29, 1.82) is 0 Å². The molecule has 0 aliphatic rings. The maximum absolute atomic E-state index is 12.4. The van der Waals surface area contributed by atoms with E-state index in [0.29, 0.717) is 6.16 Å². The molecule has 0 radical (unpaired) electrons. The summed E-state index contributed by atoms with van der Waals surface area (Å²) < 4.78 is 12.4. The predicted molar refractivity (Wildman–Crippen MR) is 65.3 cm³/mol. The standard InChI is InChI=1S/C12H19O2P/c1-10(2)12(13)9-15(3,14)11-7-5-4-6-8-11/h4-8,10,12-13H,9H2,1-3H3. The maximum Gasteiger partial charge on any atom is 0.115 e. The van der Waals surface area contributed by atoms with E-state index in [1.54, 1.807) is 6.66 Å². The molecule has 1 N–H and O–H groups in total. The van der Waals surface area contributed by atoms with E-state index in [9.17, 15) is 9.67 Å². The van der Waals surface area contributed by atoms with Crippen molar-refractivity contribution in [3.8, 4) is 0 Å². The van der Waals surface area contributed by atoms with Crippen molar-refractivity contribution in [2.75, 3.05) is 12.8 Å². The Morgan fingerprint density at radius 3 is 2.27 bits per heavy atom. The highest BCUT2D eigenvalue weighted by atomic mass is 31.2. The van der Waals surface area contributed by atoms with Crippen LogP contribution in [0.25, 0.3) is 0 Å². The van der Waals surface area contributed by atoms with Gasteiger partial charge in [0.25, 0.3) is 0 Å². The predicted octanol–water partition coefficient (Wildman–Crippen LogP) is 2.32. The fraction of sp³-hybridized carbons (Fsp3) is 0.500. The number of aliphatic hydroxyl groups excluding tert-OH is 1. The second-order valence-electron chi connectivity index (χ2n) is 4.43. The molecule has 1 aromatic rings. The van der Waals surface area contributed by atoms with Gasteiger partial charge >= 0.3 is 0 Å². The number of benzene rings is 1. The number of hydrogen-bond donors (Lipinski definition) is 1. The van der Waals surface area contributed by atoms with Crippen LogP contribution < -0.4 is 5.30 Å². The molecule has 0 saturated carbocycles. The summed E-state index contributed by atoms with van der Waals surface area (Å²) in [4.78, 5) is 0. The van der Waals surface area contributed by atoms with E-state index in [2.05, 4.69) is 0 Å². The molecular formula is C12H19O2P. The molecular weight excluding hydrogens is 207 g/mol. The molecule has 0 aromatic heterocycles. The van der Waals surface area contributed by atoms with Gasteiger partial charge in [-0.15, -0.1) is 0 Å². The summed E-state index contributed by atoms with van der Waals surface area (Å²) in [6, 6.07) is 9.41. The molecule has 2 nitrogen and oxygen atoms in total. The summed E-state index contributed by atoms with van der Waals surface area (Å²) in [5.41, 5.74) is 0. The van der Waals surface area contributed by atoms with E-state index in [1.165, 1.54) is 0 Å². The van der Waals surface area contributed by atoms with Gasteiger partial charge in [0.05, 0.1) is 6.10 Å². The van der Waals surface area contributed by atoms with Gasteiger partial charge in [-0.05, 0) is 12.6 Å². The van der Waals surface area contributed by atoms with Crippen LogP contribution in [0.5, 0.6) is 0 Å². The quantitative estimate of drug-likeness (QED) is 0.800. The van der Waals surface area contributed by atoms with Gasteiger partial charge < -0.3 is 9.67 Å². The molecule has 0 saturated heterocycles. The first-order valence-electron chi connectivity index (χ1n) is 5.23. The zero-order valence-corrected chi connectivity index (χ0v) is 10.4. The molecule has 2 atom stereocenters. The third kappa shape index (κ3) is 3.48. The summed E-state index contributed by atoms with van der Waals surface area (Å²) in [6.45, 7) is 5.62. The Kier molecular flexibility index (Phi) is 4.12. The summed E-state index contributed by atoms with van der Waals surface area (Å²) in [7, 11) is -2.40. The number of rotatable bonds is 4. The Morgan fingerprint density at radius 1 is 1.27 bits per heavy atom. The average molecular weight is 226 g/mol. The Morgan fingerprint density at radius 2 is 1.80 bits per heavy atom. The molecule has 15 heavy (non-hydrogen) atoms. The highest BCUT2D eigenvalue weighted by Crippen LogP contribution is 2.41. The molecule has 0 amide bonds. The normalized spacial score (nSPS) is 17.4. The summed E-state index contributed by atoms with van der Waals surface area (Å²) in [6.07, 6.45) is -0.115. The lowest BCUT2D eigenvalue weighted by atomic mass is 10.1. The van der Waals surface area contributed by atoms with Crippen LogP contribution in [-0.4, -0.2) is 24.0 Å². The van der Waals surface area contributed by atoms with Crippen LogP contribution in [0.15, 0.2) is 30.3 Å². The minimum atomic E-state index is -2.40. The van der Waals surface area contributed by atoms with Crippen molar-refractivity contribution in [3.63, 3.8) is 0 Å². The van der Waals surface area contributed by atoms with E-state index in [-0.39, 0.29) is 5.92 Å². The zero-order valence-electron chi connectivity index (χ0n) is 9.55. The lowest BCUT2D eigenvalue weighted by Crippen LogP contribution is -2.22. The Bertz CT molecular complexity index is 346. The Labute approximate surface area is 91.7 Å². The number of hydrogen-bond acceptors (Lipinski definition) is 2. The lowest BCUT2D eigenvalue weighted by molar-refractivity contribution is 0.147. The Balaban J connectivity index is 2.81. The van der Waals surface area contributed by atoms with Crippen LogP contribution in [0.4, 0.5) is 0 Å². The van der Waals surface area contributed by atoms with Gasteiger partial charge in [0, 0.05) is 11.5 Å². The van der Waals surface area contributed by atoms with Crippen LogP contribution in [0.3, 0.4) is 0 Å². The maximum atomic E-state index is 12.4. The van der Waals surface area contributed by atoms with Gasteiger partial charge in [-0.25, -0.2) is 0 Å². The fourth-order valence-corrected chi connectivity index (χ4v) is 3.57. The largest absolute Gasteiger partial charge is 0.392 e. The van der Waals surface area contributed by atoms with E-state index < -0.39 is 13.2 Å². The van der Waals surface area contributed by atoms with Crippen LogP contribution >= 0.6 is 7.14 Å². The topological polar surface area (TPSA) is 37.3 Å². The molecule has 2 unspecified atom stereocenters. The molecule has 1 aromatic carbocycles. The van der Waals surface area contributed by atoms with Gasteiger partial charge in [0.15, 0.2) is 0 Å². The minimum Gasteiger partial charge on any atom is -0.392 e. The second kappa shape index (κ2) is 4.96. The first-order chi connectivity index (χ1) is 6.93. The molecule has 0 spiro atoms. The van der Waals surface area contributed by atoms with E-state index in [4.69, 9.17) is 0 Å². The second-order valence-corrected chi connectivity index (χ2v) is 7.51. The molecule has 84 valence electrons.